The van der Waals surface area contributed by atoms with Crippen LogP contribution in [0.1, 0.15) is 37.3 Å². The van der Waals surface area contributed by atoms with Crippen molar-refractivity contribution in [3.8, 4) is 11.5 Å². The first-order valence-corrected chi connectivity index (χ1v) is 8.34. The Balaban J connectivity index is 2.22. The smallest absolute Gasteiger partial charge is 0.364 e. The lowest BCUT2D eigenvalue weighted by molar-refractivity contribution is -0.935. The Kier molecular flexibility index (Phi) is 6.28. The number of hydrogen-bond donors (Lipinski definition) is 1. The van der Waals surface area contributed by atoms with E-state index in [4.69, 9.17) is 14.2 Å². The van der Waals surface area contributed by atoms with Crippen molar-refractivity contribution >= 4 is 5.97 Å². The van der Waals surface area contributed by atoms with E-state index in [0.717, 1.165) is 55.0 Å². The molecule has 128 valence electrons. The fourth-order valence-electron chi connectivity index (χ4n) is 3.44. The lowest BCUT2D eigenvalue weighted by Gasteiger charge is -2.31. The molecule has 23 heavy (non-hydrogen) atoms. The van der Waals surface area contributed by atoms with E-state index in [1.54, 1.807) is 14.2 Å². The van der Waals surface area contributed by atoms with Crippen LogP contribution in [0.4, 0.5) is 0 Å². The number of ether oxygens (including phenoxy) is 3. The molecule has 1 aliphatic rings. The van der Waals surface area contributed by atoms with Crippen LogP contribution in [-0.2, 0) is 16.1 Å². The molecule has 5 nitrogen and oxygen atoms in total. The van der Waals surface area contributed by atoms with Gasteiger partial charge in [-0.1, -0.05) is 0 Å². The number of nitrogens with one attached hydrogen (secondary N) is 1. The topological polar surface area (TPSA) is 49.2 Å². The summed E-state index contributed by atoms with van der Waals surface area (Å²) in [5.74, 6) is 1.60. The van der Waals surface area contributed by atoms with Crippen molar-refractivity contribution in [2.45, 2.75) is 45.7 Å². The minimum Gasteiger partial charge on any atom is -0.496 e. The Labute approximate surface area is 138 Å². The van der Waals surface area contributed by atoms with Gasteiger partial charge in [-0.3, -0.25) is 0 Å². The van der Waals surface area contributed by atoms with Crippen molar-refractivity contribution in [3.05, 3.63) is 23.3 Å². The zero-order valence-corrected chi connectivity index (χ0v) is 14.6. The molecule has 1 N–H and O–H groups in total. The van der Waals surface area contributed by atoms with E-state index in [0.29, 0.717) is 6.61 Å². The van der Waals surface area contributed by atoms with Crippen LogP contribution < -0.4 is 14.4 Å². The first-order valence-electron chi connectivity index (χ1n) is 8.34. The lowest BCUT2D eigenvalue weighted by Crippen LogP contribution is -3.16. The van der Waals surface area contributed by atoms with Crippen molar-refractivity contribution in [2.24, 2.45) is 0 Å². The van der Waals surface area contributed by atoms with Gasteiger partial charge in [-0.25, -0.2) is 4.79 Å². The number of benzene rings is 1. The highest BCUT2D eigenvalue weighted by atomic mass is 16.5. The molecule has 1 saturated heterocycles. The third kappa shape index (κ3) is 3.96. The number of rotatable bonds is 6. The molecule has 2 rings (SSSR count). The van der Waals surface area contributed by atoms with Gasteiger partial charge in [-0.15, -0.1) is 0 Å². The Bertz CT molecular complexity index is 544. The number of carbonyl (C=O) groups excluding carboxylic acids is 1. The predicted molar refractivity (Wildman–Crippen MR) is 88.1 cm³/mol. The van der Waals surface area contributed by atoms with Crippen LogP contribution in [0.2, 0.25) is 0 Å². The number of esters is 1. The number of likely N-dealkylation sites (tertiary alicyclic amines) is 1. The minimum atomic E-state index is -0.0774. The predicted octanol–water partition coefficient (Wildman–Crippen LogP) is 1.51. The van der Waals surface area contributed by atoms with Crippen molar-refractivity contribution < 1.29 is 23.9 Å². The van der Waals surface area contributed by atoms with Crippen LogP contribution >= 0.6 is 0 Å². The van der Waals surface area contributed by atoms with E-state index < -0.39 is 0 Å². The number of quaternary nitrogens is 1. The second-order valence-electron chi connectivity index (χ2n) is 5.97. The summed E-state index contributed by atoms with van der Waals surface area (Å²) in [6, 6.07) is 3.93. The molecule has 0 radical (unpaired) electrons. The molecular weight excluding hydrogens is 294 g/mol. The van der Waals surface area contributed by atoms with Crippen LogP contribution in [0.15, 0.2) is 12.1 Å². The number of piperidine rings is 1. The van der Waals surface area contributed by atoms with Crippen LogP contribution in [0, 0.1) is 6.92 Å². The van der Waals surface area contributed by atoms with Gasteiger partial charge in [-0.2, -0.15) is 0 Å². The molecule has 2 atom stereocenters. The summed E-state index contributed by atoms with van der Waals surface area (Å²) in [7, 11) is 3.34. The van der Waals surface area contributed by atoms with Crippen molar-refractivity contribution in [1.82, 2.24) is 0 Å². The average Bonchev–Trinajstić information content (AvgIpc) is 2.56. The summed E-state index contributed by atoms with van der Waals surface area (Å²) >= 11 is 0. The molecule has 1 aromatic rings. The Hall–Kier alpha value is -1.75. The Morgan fingerprint density at radius 2 is 2.04 bits per heavy atom. The molecule has 1 aromatic carbocycles. The van der Waals surface area contributed by atoms with Crippen molar-refractivity contribution in [3.63, 3.8) is 0 Å². The van der Waals surface area contributed by atoms with Gasteiger partial charge in [-0.05, 0) is 38.8 Å². The largest absolute Gasteiger partial charge is 0.496 e. The zero-order chi connectivity index (χ0) is 16.8. The normalized spacial score (nSPS) is 20.9. The standard InChI is InChI=1S/C18H27NO4/c1-5-23-18(20)15-8-6-7-11-19(15)12-14-9-10-16(21-3)13(2)17(14)22-4/h9-10,15H,5-8,11-12H2,1-4H3/p+1/t15-/m1/s1. The molecule has 0 saturated carbocycles. The number of methoxy groups -OCH3 is 2. The summed E-state index contributed by atoms with van der Waals surface area (Å²) < 4.78 is 16.2. The van der Waals surface area contributed by atoms with Gasteiger partial charge in [0.05, 0.1) is 27.4 Å². The lowest BCUT2D eigenvalue weighted by atomic mass is 10.00. The van der Waals surface area contributed by atoms with Crippen molar-refractivity contribution in [2.75, 3.05) is 27.4 Å². The maximum absolute atomic E-state index is 12.2. The molecule has 0 amide bonds. The van der Waals surface area contributed by atoms with Gasteiger partial charge in [0, 0.05) is 17.5 Å². The average molecular weight is 322 g/mol. The van der Waals surface area contributed by atoms with Gasteiger partial charge >= 0.3 is 5.97 Å². The molecule has 1 unspecified atom stereocenters. The molecule has 0 aliphatic carbocycles. The fourth-order valence-corrected chi connectivity index (χ4v) is 3.44. The van der Waals surface area contributed by atoms with Crippen LogP contribution in [-0.4, -0.2) is 39.4 Å². The minimum absolute atomic E-state index is 0.0733. The molecule has 0 bridgehead atoms. The highest BCUT2D eigenvalue weighted by Gasteiger charge is 2.34. The number of carbonyl (C=O) groups is 1. The van der Waals surface area contributed by atoms with E-state index in [-0.39, 0.29) is 12.0 Å². The van der Waals surface area contributed by atoms with Gasteiger partial charge in [0.15, 0.2) is 6.04 Å². The van der Waals surface area contributed by atoms with E-state index in [9.17, 15) is 4.79 Å². The van der Waals surface area contributed by atoms with E-state index in [2.05, 4.69) is 0 Å². The molecule has 1 fully saturated rings. The number of hydrogen-bond acceptors (Lipinski definition) is 4. The quantitative estimate of drug-likeness (QED) is 0.807. The summed E-state index contributed by atoms with van der Waals surface area (Å²) in [4.78, 5) is 13.5. The summed E-state index contributed by atoms with van der Waals surface area (Å²) in [5, 5.41) is 0. The molecule has 1 heterocycles. The molecular formula is C18H28NO4+. The maximum atomic E-state index is 12.2. The SMILES string of the molecule is CCOC(=O)[C@H]1CCCC[NH+]1Cc1ccc(OC)c(C)c1OC. The van der Waals surface area contributed by atoms with Crippen molar-refractivity contribution in [1.29, 1.82) is 0 Å². The highest BCUT2D eigenvalue weighted by Crippen LogP contribution is 2.31. The van der Waals surface area contributed by atoms with Gasteiger partial charge in [0.25, 0.3) is 0 Å². The van der Waals surface area contributed by atoms with Crippen LogP contribution in [0.3, 0.4) is 0 Å². The summed E-state index contributed by atoms with van der Waals surface area (Å²) in [5.41, 5.74) is 2.11. The first-order chi connectivity index (χ1) is 11.1. The maximum Gasteiger partial charge on any atom is 0.364 e. The van der Waals surface area contributed by atoms with E-state index in [1.807, 2.05) is 26.0 Å². The van der Waals surface area contributed by atoms with Crippen LogP contribution in [0.5, 0.6) is 11.5 Å². The fraction of sp³-hybridized carbons (Fsp3) is 0.611. The molecule has 0 aromatic heterocycles. The zero-order valence-electron chi connectivity index (χ0n) is 14.6. The molecule has 1 aliphatic heterocycles. The van der Waals surface area contributed by atoms with Gasteiger partial charge in [0.1, 0.15) is 18.0 Å². The van der Waals surface area contributed by atoms with E-state index in [1.165, 1.54) is 4.90 Å². The Morgan fingerprint density at radius 1 is 1.26 bits per heavy atom. The van der Waals surface area contributed by atoms with Crippen LogP contribution in [0.25, 0.3) is 0 Å². The van der Waals surface area contributed by atoms with E-state index >= 15 is 0 Å². The third-order valence-electron chi connectivity index (χ3n) is 4.58. The first kappa shape index (κ1) is 17.6. The second kappa shape index (κ2) is 8.20. The Morgan fingerprint density at radius 3 is 2.70 bits per heavy atom. The monoisotopic (exact) mass is 322 g/mol. The third-order valence-corrected chi connectivity index (χ3v) is 4.58. The summed E-state index contributed by atoms with van der Waals surface area (Å²) in [6.45, 7) is 6.04. The molecule has 0 spiro atoms. The highest BCUT2D eigenvalue weighted by molar-refractivity contribution is 5.74. The van der Waals surface area contributed by atoms with Gasteiger partial charge in [0.2, 0.25) is 0 Å². The second-order valence-corrected chi connectivity index (χ2v) is 5.97. The summed E-state index contributed by atoms with van der Waals surface area (Å²) in [6.07, 6.45) is 3.13. The molecule has 5 heteroatoms. The van der Waals surface area contributed by atoms with Gasteiger partial charge < -0.3 is 19.1 Å².